The Hall–Kier alpha value is -2.37. The van der Waals surface area contributed by atoms with E-state index >= 15 is 0 Å². The van der Waals surface area contributed by atoms with E-state index in [0.717, 1.165) is 18.4 Å². The van der Waals surface area contributed by atoms with E-state index in [2.05, 4.69) is 17.6 Å². The van der Waals surface area contributed by atoms with Gasteiger partial charge in [0, 0.05) is 19.9 Å². The van der Waals surface area contributed by atoms with Gasteiger partial charge in [-0.2, -0.15) is 0 Å². The van der Waals surface area contributed by atoms with Crippen molar-refractivity contribution >= 4 is 17.8 Å². The molecule has 0 aliphatic heterocycles. The molecule has 2 amide bonds. The Labute approximate surface area is 193 Å². The topological polar surface area (TPSA) is 84.5 Å². The van der Waals surface area contributed by atoms with Crippen LogP contribution in [-0.2, 0) is 25.7 Å². The predicted molar refractivity (Wildman–Crippen MR) is 128 cm³/mol. The van der Waals surface area contributed by atoms with Gasteiger partial charge in [-0.25, -0.2) is 0 Å². The highest BCUT2D eigenvalue weighted by Crippen LogP contribution is 2.10. The van der Waals surface area contributed by atoms with Crippen LogP contribution in [0.1, 0.15) is 96.5 Å². The third kappa shape index (κ3) is 14.6. The van der Waals surface area contributed by atoms with Crippen molar-refractivity contribution in [3.8, 4) is 0 Å². The molecule has 0 radical (unpaired) electrons. The van der Waals surface area contributed by atoms with E-state index < -0.39 is 6.04 Å². The molecule has 0 saturated heterocycles. The molecule has 0 fully saturated rings. The first-order valence-electron chi connectivity index (χ1n) is 12.3. The van der Waals surface area contributed by atoms with Crippen molar-refractivity contribution in [3.63, 3.8) is 0 Å². The zero-order valence-corrected chi connectivity index (χ0v) is 20.0. The van der Waals surface area contributed by atoms with Gasteiger partial charge in [0.2, 0.25) is 11.8 Å². The maximum absolute atomic E-state index is 12.5. The normalized spacial score (nSPS) is 11.6. The highest BCUT2D eigenvalue weighted by molar-refractivity contribution is 5.87. The van der Waals surface area contributed by atoms with Crippen LogP contribution in [0, 0.1) is 0 Å². The molecule has 2 N–H and O–H groups in total. The number of esters is 1. The zero-order valence-electron chi connectivity index (χ0n) is 20.0. The number of nitrogens with one attached hydrogen (secondary N) is 2. The third-order valence-electron chi connectivity index (χ3n) is 5.40. The molecule has 1 rings (SSSR count). The van der Waals surface area contributed by atoms with Gasteiger partial charge < -0.3 is 15.4 Å². The maximum Gasteiger partial charge on any atom is 0.306 e. The van der Waals surface area contributed by atoms with Crippen LogP contribution in [0.3, 0.4) is 0 Å². The van der Waals surface area contributed by atoms with Crippen LogP contribution in [0.4, 0.5) is 0 Å². The molecule has 0 saturated carbocycles. The first-order chi connectivity index (χ1) is 15.5. The lowest BCUT2D eigenvalue weighted by molar-refractivity contribution is -0.145. The Morgan fingerprint density at radius 2 is 1.47 bits per heavy atom. The Balaban J connectivity index is 2.18. The summed E-state index contributed by atoms with van der Waals surface area (Å²) in [6.07, 6.45) is 12.7. The van der Waals surface area contributed by atoms with Crippen LogP contribution in [0.25, 0.3) is 0 Å². The number of amides is 2. The fourth-order valence-corrected chi connectivity index (χ4v) is 3.53. The fourth-order valence-electron chi connectivity index (χ4n) is 3.53. The van der Waals surface area contributed by atoms with E-state index in [0.29, 0.717) is 6.54 Å². The zero-order chi connectivity index (χ0) is 23.4. The van der Waals surface area contributed by atoms with Crippen molar-refractivity contribution in [3.05, 3.63) is 35.9 Å². The molecule has 0 spiro atoms. The SMILES string of the molecule is CCCCCCCCCCCCNC(=O)[C@@H](CCC(=O)OCc1ccccc1)NC(C)=O. The van der Waals surface area contributed by atoms with E-state index in [4.69, 9.17) is 4.74 Å². The molecule has 1 atom stereocenters. The molecular formula is C26H42N2O4. The second-order valence-corrected chi connectivity index (χ2v) is 8.41. The molecule has 0 bridgehead atoms. The highest BCUT2D eigenvalue weighted by Gasteiger charge is 2.20. The van der Waals surface area contributed by atoms with Gasteiger partial charge in [-0.3, -0.25) is 14.4 Å². The summed E-state index contributed by atoms with van der Waals surface area (Å²) in [7, 11) is 0. The van der Waals surface area contributed by atoms with E-state index in [9.17, 15) is 14.4 Å². The first kappa shape index (κ1) is 27.7. The largest absolute Gasteiger partial charge is 0.461 e. The Kier molecular flexibility index (Phi) is 15.8. The van der Waals surface area contributed by atoms with Crippen LogP contribution in [0.2, 0.25) is 0 Å². The quantitative estimate of drug-likeness (QED) is 0.244. The number of benzene rings is 1. The Morgan fingerprint density at radius 3 is 2.06 bits per heavy atom. The number of unbranched alkanes of at least 4 members (excludes halogenated alkanes) is 9. The summed E-state index contributed by atoms with van der Waals surface area (Å²) >= 11 is 0. The number of carbonyl (C=O) groups excluding carboxylic acids is 3. The molecule has 1 aromatic rings. The third-order valence-corrected chi connectivity index (χ3v) is 5.40. The van der Waals surface area contributed by atoms with Crippen molar-refractivity contribution in [1.82, 2.24) is 10.6 Å². The minimum absolute atomic E-state index is 0.0729. The molecule has 6 nitrogen and oxygen atoms in total. The van der Waals surface area contributed by atoms with E-state index in [1.165, 1.54) is 58.3 Å². The van der Waals surface area contributed by atoms with Crippen LogP contribution in [-0.4, -0.2) is 30.4 Å². The average Bonchev–Trinajstić information content (AvgIpc) is 2.79. The Bertz CT molecular complexity index is 648. The number of rotatable bonds is 18. The molecule has 0 unspecified atom stereocenters. The van der Waals surface area contributed by atoms with Crippen LogP contribution < -0.4 is 10.6 Å². The number of hydrogen-bond donors (Lipinski definition) is 2. The van der Waals surface area contributed by atoms with Gasteiger partial charge in [-0.15, -0.1) is 0 Å². The van der Waals surface area contributed by atoms with Crippen molar-refractivity contribution in [2.24, 2.45) is 0 Å². The molecule has 0 aliphatic carbocycles. The fraction of sp³-hybridized carbons (Fsp3) is 0.654. The lowest BCUT2D eigenvalue weighted by atomic mass is 10.1. The van der Waals surface area contributed by atoms with Gasteiger partial charge >= 0.3 is 5.97 Å². The van der Waals surface area contributed by atoms with E-state index in [1.54, 1.807) is 0 Å². The highest BCUT2D eigenvalue weighted by atomic mass is 16.5. The minimum Gasteiger partial charge on any atom is -0.461 e. The van der Waals surface area contributed by atoms with Crippen molar-refractivity contribution in [2.45, 2.75) is 104 Å². The summed E-state index contributed by atoms with van der Waals surface area (Å²) in [5.41, 5.74) is 0.911. The first-order valence-corrected chi connectivity index (χ1v) is 12.3. The van der Waals surface area contributed by atoms with Gasteiger partial charge in [0.15, 0.2) is 0 Å². The standard InChI is InChI=1S/C26H42N2O4/c1-3-4-5-6-7-8-9-10-11-15-20-27-26(31)24(28-22(2)29)18-19-25(30)32-21-23-16-13-12-14-17-23/h12-14,16-17,24H,3-11,15,18-21H2,1-2H3,(H,27,31)(H,28,29)/t24-/m1/s1. The molecule has 6 heteroatoms. The second-order valence-electron chi connectivity index (χ2n) is 8.41. The lowest BCUT2D eigenvalue weighted by Gasteiger charge is -2.17. The van der Waals surface area contributed by atoms with E-state index in [1.807, 2.05) is 30.3 Å². The smallest absolute Gasteiger partial charge is 0.306 e. The number of carbonyl (C=O) groups is 3. The van der Waals surface area contributed by atoms with Crippen molar-refractivity contribution < 1.29 is 19.1 Å². The summed E-state index contributed by atoms with van der Waals surface area (Å²) < 4.78 is 5.25. The molecule has 1 aromatic carbocycles. The lowest BCUT2D eigenvalue weighted by Crippen LogP contribution is -2.46. The predicted octanol–water partition coefficient (Wildman–Crippen LogP) is 5.05. The van der Waals surface area contributed by atoms with Crippen LogP contribution >= 0.6 is 0 Å². The summed E-state index contributed by atoms with van der Waals surface area (Å²) in [5.74, 6) is -0.916. The molecule has 32 heavy (non-hydrogen) atoms. The summed E-state index contributed by atoms with van der Waals surface area (Å²) in [4.78, 5) is 35.9. The number of hydrogen-bond acceptors (Lipinski definition) is 4. The van der Waals surface area contributed by atoms with Crippen molar-refractivity contribution in [1.29, 1.82) is 0 Å². The summed E-state index contributed by atoms with van der Waals surface area (Å²) in [5, 5.41) is 5.53. The molecule has 180 valence electrons. The van der Waals surface area contributed by atoms with Gasteiger partial charge in [0.05, 0.1) is 0 Å². The molecule has 0 aromatic heterocycles. The van der Waals surface area contributed by atoms with Crippen LogP contribution in [0.5, 0.6) is 0 Å². The summed E-state index contributed by atoms with van der Waals surface area (Å²) in [6, 6.07) is 8.71. The molecule has 0 aliphatic rings. The van der Waals surface area contributed by atoms with Gasteiger partial charge in [0.1, 0.15) is 12.6 Å². The van der Waals surface area contributed by atoms with Crippen LogP contribution in [0.15, 0.2) is 30.3 Å². The van der Waals surface area contributed by atoms with Crippen molar-refractivity contribution in [2.75, 3.05) is 6.54 Å². The Morgan fingerprint density at radius 1 is 0.875 bits per heavy atom. The van der Waals surface area contributed by atoms with Gasteiger partial charge in [-0.05, 0) is 18.4 Å². The van der Waals surface area contributed by atoms with Gasteiger partial charge in [-0.1, -0.05) is 95.0 Å². The maximum atomic E-state index is 12.5. The number of ether oxygens (including phenoxy) is 1. The minimum atomic E-state index is -0.722. The van der Waals surface area contributed by atoms with Gasteiger partial charge in [0.25, 0.3) is 0 Å². The average molecular weight is 447 g/mol. The monoisotopic (exact) mass is 446 g/mol. The summed E-state index contributed by atoms with van der Waals surface area (Å²) in [6.45, 7) is 4.40. The molecular weight excluding hydrogens is 404 g/mol. The van der Waals surface area contributed by atoms with E-state index in [-0.39, 0.29) is 37.2 Å². The second kappa shape index (κ2) is 18.2. The molecule has 0 heterocycles.